The SMILES string of the molecule is O=C(C1CC(F)(F)CN1)N1CCC(Cc2ccc(F)cc2)CC1. The number of amides is 1. The Morgan fingerprint density at radius 1 is 1.22 bits per heavy atom. The molecule has 0 spiro atoms. The molecule has 0 aromatic heterocycles. The summed E-state index contributed by atoms with van der Waals surface area (Å²) >= 11 is 0. The first-order chi connectivity index (χ1) is 10.9. The van der Waals surface area contributed by atoms with Gasteiger partial charge >= 0.3 is 0 Å². The van der Waals surface area contributed by atoms with E-state index in [2.05, 4.69) is 5.32 Å². The minimum atomic E-state index is -2.78. The molecule has 2 fully saturated rings. The molecule has 0 saturated carbocycles. The number of carbonyl (C=O) groups excluding carboxylic acids is 1. The molecule has 3 rings (SSSR count). The first-order valence-corrected chi connectivity index (χ1v) is 8.07. The molecule has 1 unspecified atom stereocenters. The Hall–Kier alpha value is -1.56. The summed E-state index contributed by atoms with van der Waals surface area (Å²) in [5.41, 5.74) is 1.09. The molecule has 2 aliphatic rings. The Balaban J connectivity index is 1.48. The Morgan fingerprint density at radius 2 is 1.87 bits per heavy atom. The van der Waals surface area contributed by atoms with Crippen LogP contribution in [0.25, 0.3) is 0 Å². The number of likely N-dealkylation sites (tertiary alicyclic amines) is 1. The second-order valence-electron chi connectivity index (χ2n) is 6.59. The number of nitrogens with one attached hydrogen (secondary N) is 1. The molecule has 3 nitrogen and oxygen atoms in total. The van der Waals surface area contributed by atoms with Crippen LogP contribution in [0.5, 0.6) is 0 Å². The van der Waals surface area contributed by atoms with E-state index >= 15 is 0 Å². The number of rotatable bonds is 3. The molecule has 23 heavy (non-hydrogen) atoms. The summed E-state index contributed by atoms with van der Waals surface area (Å²) in [5.74, 6) is -2.78. The highest BCUT2D eigenvalue weighted by molar-refractivity contribution is 5.82. The first-order valence-electron chi connectivity index (χ1n) is 8.07. The molecule has 126 valence electrons. The lowest BCUT2D eigenvalue weighted by Crippen LogP contribution is -2.47. The molecule has 1 amide bonds. The van der Waals surface area contributed by atoms with Crippen molar-refractivity contribution in [1.29, 1.82) is 0 Å². The molecule has 2 heterocycles. The third kappa shape index (κ3) is 4.05. The van der Waals surface area contributed by atoms with E-state index in [1.54, 1.807) is 17.0 Å². The summed E-state index contributed by atoms with van der Waals surface area (Å²) in [7, 11) is 0. The maximum Gasteiger partial charge on any atom is 0.262 e. The van der Waals surface area contributed by atoms with E-state index in [-0.39, 0.29) is 11.7 Å². The summed E-state index contributed by atoms with van der Waals surface area (Å²) < 4.78 is 39.3. The average molecular weight is 326 g/mol. The Bertz CT molecular complexity index is 553. The second-order valence-corrected chi connectivity index (χ2v) is 6.59. The van der Waals surface area contributed by atoms with Gasteiger partial charge in [0.25, 0.3) is 5.92 Å². The lowest BCUT2D eigenvalue weighted by molar-refractivity contribution is -0.135. The van der Waals surface area contributed by atoms with Crippen LogP contribution in [0.4, 0.5) is 13.2 Å². The lowest BCUT2D eigenvalue weighted by atomic mass is 9.90. The van der Waals surface area contributed by atoms with Gasteiger partial charge in [0.05, 0.1) is 12.6 Å². The van der Waals surface area contributed by atoms with Crippen LogP contribution < -0.4 is 5.32 Å². The van der Waals surface area contributed by atoms with Crippen molar-refractivity contribution in [2.24, 2.45) is 5.92 Å². The van der Waals surface area contributed by atoms with Crippen LogP contribution in [0.2, 0.25) is 0 Å². The van der Waals surface area contributed by atoms with E-state index in [9.17, 15) is 18.0 Å². The summed E-state index contributed by atoms with van der Waals surface area (Å²) in [6.07, 6.45) is 2.17. The Labute approximate surface area is 133 Å². The predicted octanol–water partition coefficient (Wildman–Crippen LogP) is 2.60. The zero-order valence-electron chi connectivity index (χ0n) is 12.9. The van der Waals surface area contributed by atoms with Gasteiger partial charge < -0.3 is 4.90 Å². The number of piperidine rings is 1. The van der Waals surface area contributed by atoms with Gasteiger partial charge in [-0.05, 0) is 42.9 Å². The highest BCUT2D eigenvalue weighted by atomic mass is 19.3. The highest BCUT2D eigenvalue weighted by Gasteiger charge is 2.43. The molecule has 2 saturated heterocycles. The maximum atomic E-state index is 13.2. The number of alkyl halides is 2. The third-order valence-electron chi connectivity index (χ3n) is 4.77. The molecule has 1 aromatic rings. The number of hydrogen-bond donors (Lipinski definition) is 1. The average Bonchev–Trinajstić information content (AvgIpc) is 2.90. The van der Waals surface area contributed by atoms with Gasteiger partial charge in [-0.3, -0.25) is 10.1 Å². The van der Waals surface area contributed by atoms with Crippen molar-refractivity contribution in [2.45, 2.75) is 37.6 Å². The van der Waals surface area contributed by atoms with Crippen LogP contribution in [0.3, 0.4) is 0 Å². The smallest absolute Gasteiger partial charge is 0.262 e. The number of benzene rings is 1. The van der Waals surface area contributed by atoms with E-state index in [4.69, 9.17) is 0 Å². The zero-order chi connectivity index (χ0) is 16.4. The summed E-state index contributed by atoms with van der Waals surface area (Å²) in [5, 5.41) is 2.62. The predicted molar refractivity (Wildman–Crippen MR) is 80.8 cm³/mol. The van der Waals surface area contributed by atoms with Crippen LogP contribution in [-0.2, 0) is 11.2 Å². The topological polar surface area (TPSA) is 32.3 Å². The third-order valence-corrected chi connectivity index (χ3v) is 4.77. The van der Waals surface area contributed by atoms with Gasteiger partial charge in [-0.25, -0.2) is 13.2 Å². The Kier molecular flexibility index (Phi) is 4.62. The lowest BCUT2D eigenvalue weighted by Gasteiger charge is -2.33. The van der Waals surface area contributed by atoms with Gasteiger partial charge in [-0.2, -0.15) is 0 Å². The molecule has 0 radical (unpaired) electrons. The van der Waals surface area contributed by atoms with Gasteiger partial charge in [-0.1, -0.05) is 12.1 Å². The monoisotopic (exact) mass is 326 g/mol. The second kappa shape index (κ2) is 6.51. The summed E-state index contributed by atoms with van der Waals surface area (Å²) in [6, 6.07) is 5.74. The van der Waals surface area contributed by atoms with Gasteiger partial charge in [0.2, 0.25) is 5.91 Å². The van der Waals surface area contributed by atoms with Crippen LogP contribution in [0.1, 0.15) is 24.8 Å². The van der Waals surface area contributed by atoms with Crippen molar-refractivity contribution in [3.63, 3.8) is 0 Å². The zero-order valence-corrected chi connectivity index (χ0v) is 12.9. The number of hydrogen-bond acceptors (Lipinski definition) is 2. The molecule has 6 heteroatoms. The highest BCUT2D eigenvalue weighted by Crippen LogP contribution is 2.28. The molecule has 2 aliphatic heterocycles. The molecule has 1 atom stereocenters. The standard InChI is InChI=1S/C17H21F3N2O/c18-14-3-1-12(2-4-14)9-13-5-7-22(8-6-13)16(23)15-10-17(19,20)11-21-15/h1-4,13,15,21H,5-11H2. The molecule has 1 aromatic carbocycles. The molecular formula is C17H21F3N2O. The van der Waals surface area contributed by atoms with E-state index in [1.807, 2.05) is 0 Å². The van der Waals surface area contributed by atoms with E-state index in [0.29, 0.717) is 19.0 Å². The number of halogens is 3. The van der Waals surface area contributed by atoms with Crippen LogP contribution in [0.15, 0.2) is 24.3 Å². The van der Waals surface area contributed by atoms with Crippen molar-refractivity contribution in [3.8, 4) is 0 Å². The molecule has 1 N–H and O–H groups in total. The minimum absolute atomic E-state index is 0.206. The van der Waals surface area contributed by atoms with Gasteiger partial charge in [0.15, 0.2) is 0 Å². The largest absolute Gasteiger partial charge is 0.341 e. The summed E-state index contributed by atoms with van der Waals surface area (Å²) in [4.78, 5) is 14.0. The van der Waals surface area contributed by atoms with E-state index in [1.165, 1.54) is 12.1 Å². The normalized spacial score (nSPS) is 24.8. The molecule has 0 aliphatic carbocycles. The van der Waals surface area contributed by atoms with Crippen LogP contribution in [0, 0.1) is 11.7 Å². The van der Waals surface area contributed by atoms with Crippen LogP contribution >= 0.6 is 0 Å². The fraction of sp³-hybridized carbons (Fsp3) is 0.588. The van der Waals surface area contributed by atoms with E-state index in [0.717, 1.165) is 24.8 Å². The quantitative estimate of drug-likeness (QED) is 0.926. The fourth-order valence-electron chi connectivity index (χ4n) is 3.42. The van der Waals surface area contributed by atoms with Crippen molar-refractivity contribution in [2.75, 3.05) is 19.6 Å². The van der Waals surface area contributed by atoms with Crippen LogP contribution in [-0.4, -0.2) is 42.4 Å². The number of carbonyl (C=O) groups is 1. The van der Waals surface area contributed by atoms with Crippen molar-refractivity contribution in [1.82, 2.24) is 10.2 Å². The first kappa shape index (κ1) is 16.3. The van der Waals surface area contributed by atoms with E-state index < -0.39 is 24.9 Å². The number of nitrogens with zero attached hydrogens (tertiary/aromatic N) is 1. The fourth-order valence-corrected chi connectivity index (χ4v) is 3.42. The Morgan fingerprint density at radius 3 is 2.43 bits per heavy atom. The van der Waals surface area contributed by atoms with Gasteiger partial charge in [0, 0.05) is 19.5 Å². The minimum Gasteiger partial charge on any atom is -0.341 e. The molecule has 0 bridgehead atoms. The summed E-state index contributed by atoms with van der Waals surface area (Å²) in [6.45, 7) is 0.799. The van der Waals surface area contributed by atoms with Gasteiger partial charge in [-0.15, -0.1) is 0 Å². The molecular weight excluding hydrogens is 305 g/mol. The van der Waals surface area contributed by atoms with Crippen molar-refractivity contribution in [3.05, 3.63) is 35.6 Å². The van der Waals surface area contributed by atoms with Crippen molar-refractivity contribution >= 4 is 5.91 Å². The van der Waals surface area contributed by atoms with Gasteiger partial charge in [0.1, 0.15) is 5.82 Å². The maximum absolute atomic E-state index is 13.2. The van der Waals surface area contributed by atoms with Crippen molar-refractivity contribution < 1.29 is 18.0 Å².